The molecule has 26 heavy (non-hydrogen) atoms. The van der Waals surface area contributed by atoms with Crippen LogP contribution in [-0.4, -0.2) is 38.7 Å². The second kappa shape index (κ2) is 9.54. The maximum Gasteiger partial charge on any atom is 0.211 e. The number of piperidine rings is 1. The summed E-state index contributed by atoms with van der Waals surface area (Å²) in [6.07, 6.45) is 7.85. The van der Waals surface area contributed by atoms with Gasteiger partial charge in [-0.25, -0.2) is 13.1 Å². The van der Waals surface area contributed by atoms with E-state index in [2.05, 4.69) is 15.7 Å². The van der Waals surface area contributed by atoms with Gasteiger partial charge in [0.15, 0.2) is 0 Å². The molecule has 0 radical (unpaired) electrons. The number of sulfonamides is 1. The van der Waals surface area contributed by atoms with Crippen LogP contribution in [0.2, 0.25) is 5.02 Å². The molecule has 1 saturated carbocycles. The van der Waals surface area contributed by atoms with Gasteiger partial charge < -0.3 is 0 Å². The first-order valence-electron chi connectivity index (χ1n) is 9.95. The Morgan fingerprint density at radius 2 is 1.69 bits per heavy atom. The number of halogens is 1. The Morgan fingerprint density at radius 3 is 2.38 bits per heavy atom. The lowest BCUT2D eigenvalue weighted by Crippen LogP contribution is -2.39. The number of hydrogen-bond acceptors (Lipinski definition) is 3. The van der Waals surface area contributed by atoms with Crippen molar-refractivity contribution in [3.63, 3.8) is 0 Å². The van der Waals surface area contributed by atoms with E-state index in [0.717, 1.165) is 50.3 Å². The van der Waals surface area contributed by atoms with Gasteiger partial charge in [-0.15, -0.1) is 0 Å². The number of nitrogens with zero attached hydrogens (tertiary/aromatic N) is 1. The van der Waals surface area contributed by atoms with Crippen molar-refractivity contribution in [2.24, 2.45) is 11.8 Å². The van der Waals surface area contributed by atoms with E-state index in [-0.39, 0.29) is 0 Å². The lowest BCUT2D eigenvalue weighted by molar-refractivity contribution is 0.178. The van der Waals surface area contributed by atoms with Crippen molar-refractivity contribution in [2.75, 3.05) is 25.4 Å². The van der Waals surface area contributed by atoms with Gasteiger partial charge in [0.05, 0.1) is 5.75 Å². The van der Waals surface area contributed by atoms with Crippen molar-refractivity contribution in [1.82, 2.24) is 9.62 Å². The minimum atomic E-state index is -3.13. The molecule has 1 saturated heterocycles. The first-order chi connectivity index (χ1) is 12.5. The maximum atomic E-state index is 12.3. The van der Waals surface area contributed by atoms with Crippen LogP contribution in [0.15, 0.2) is 24.3 Å². The highest BCUT2D eigenvalue weighted by atomic mass is 35.5. The van der Waals surface area contributed by atoms with Crippen LogP contribution in [0.5, 0.6) is 0 Å². The highest BCUT2D eigenvalue weighted by Gasteiger charge is 2.24. The number of nitrogens with one attached hydrogen (secondary N) is 1. The van der Waals surface area contributed by atoms with Gasteiger partial charge in [-0.05, 0) is 62.2 Å². The van der Waals surface area contributed by atoms with Crippen LogP contribution in [0, 0.1) is 11.8 Å². The molecule has 0 bridgehead atoms. The van der Waals surface area contributed by atoms with E-state index in [1.165, 1.54) is 24.8 Å². The first kappa shape index (κ1) is 20.1. The third-order valence-electron chi connectivity index (χ3n) is 5.83. The lowest BCUT2D eigenvalue weighted by atomic mass is 9.91. The number of likely N-dealkylation sites (tertiary alicyclic amines) is 1. The summed E-state index contributed by atoms with van der Waals surface area (Å²) in [5.74, 6) is 1.12. The van der Waals surface area contributed by atoms with Gasteiger partial charge in [-0.1, -0.05) is 49.1 Å². The average Bonchev–Trinajstić information content (AvgIpc) is 2.64. The zero-order valence-electron chi connectivity index (χ0n) is 15.5. The molecule has 0 atom stereocenters. The zero-order valence-corrected chi connectivity index (χ0v) is 17.1. The summed E-state index contributed by atoms with van der Waals surface area (Å²) in [6, 6.07) is 7.99. The molecule has 1 N–H and O–H groups in total. The predicted octanol–water partition coefficient (Wildman–Crippen LogP) is 4.05. The predicted molar refractivity (Wildman–Crippen MR) is 108 cm³/mol. The molecule has 2 aliphatic rings. The Labute approximate surface area is 163 Å². The monoisotopic (exact) mass is 398 g/mol. The minimum absolute atomic E-state index is 0.318. The SMILES string of the molecule is O=S(=O)(CC1CCCCC1)NCC1CCN(Cc2ccccc2Cl)CC1. The molecule has 4 nitrogen and oxygen atoms in total. The van der Waals surface area contributed by atoms with E-state index in [4.69, 9.17) is 11.6 Å². The van der Waals surface area contributed by atoms with Gasteiger partial charge >= 0.3 is 0 Å². The van der Waals surface area contributed by atoms with Crippen LogP contribution < -0.4 is 4.72 Å². The summed E-state index contributed by atoms with van der Waals surface area (Å²) >= 11 is 6.25. The van der Waals surface area contributed by atoms with Gasteiger partial charge in [0, 0.05) is 18.1 Å². The Morgan fingerprint density at radius 1 is 1.00 bits per heavy atom. The van der Waals surface area contributed by atoms with E-state index < -0.39 is 10.0 Å². The Kier molecular flexibility index (Phi) is 7.38. The Bertz CT molecular complexity index is 666. The van der Waals surface area contributed by atoms with Crippen LogP contribution in [-0.2, 0) is 16.6 Å². The molecule has 1 aromatic carbocycles. The van der Waals surface area contributed by atoms with Gasteiger partial charge in [0.25, 0.3) is 0 Å². The van der Waals surface area contributed by atoms with Crippen LogP contribution in [0.1, 0.15) is 50.5 Å². The summed E-state index contributed by atoms with van der Waals surface area (Å²) in [4.78, 5) is 2.41. The molecule has 0 aromatic heterocycles. The van der Waals surface area contributed by atoms with Crippen molar-refractivity contribution < 1.29 is 8.42 Å². The summed E-state index contributed by atoms with van der Waals surface area (Å²) in [5.41, 5.74) is 1.17. The standard InChI is InChI=1S/C20H31ClN2O2S/c21-20-9-5-4-8-19(20)15-23-12-10-17(11-13-23)14-22-26(24,25)16-18-6-2-1-3-7-18/h4-5,8-9,17-18,22H,1-3,6-7,10-16H2. The molecule has 1 aromatic rings. The lowest BCUT2D eigenvalue weighted by Gasteiger charge is -2.32. The summed E-state index contributed by atoms with van der Waals surface area (Å²) in [6.45, 7) is 3.47. The van der Waals surface area contributed by atoms with Gasteiger partial charge in [-0.3, -0.25) is 4.90 Å². The molecule has 2 fully saturated rings. The van der Waals surface area contributed by atoms with Crippen molar-refractivity contribution in [2.45, 2.75) is 51.5 Å². The molecule has 0 amide bonds. The van der Waals surface area contributed by atoms with Crippen molar-refractivity contribution in [3.8, 4) is 0 Å². The highest BCUT2D eigenvalue weighted by Crippen LogP contribution is 2.25. The third kappa shape index (κ3) is 6.22. The third-order valence-corrected chi connectivity index (χ3v) is 7.72. The van der Waals surface area contributed by atoms with Crippen LogP contribution in [0.3, 0.4) is 0 Å². The van der Waals surface area contributed by atoms with Crippen molar-refractivity contribution >= 4 is 21.6 Å². The molecular weight excluding hydrogens is 368 g/mol. The molecule has 1 aliphatic heterocycles. The quantitative estimate of drug-likeness (QED) is 0.753. The van der Waals surface area contributed by atoms with Crippen molar-refractivity contribution in [1.29, 1.82) is 0 Å². The van der Waals surface area contributed by atoms with E-state index in [9.17, 15) is 8.42 Å². The molecule has 3 rings (SSSR count). The van der Waals surface area contributed by atoms with E-state index in [0.29, 0.717) is 24.1 Å². The molecule has 146 valence electrons. The first-order valence-corrected chi connectivity index (χ1v) is 12.0. The van der Waals surface area contributed by atoms with E-state index in [1.54, 1.807) is 0 Å². The minimum Gasteiger partial charge on any atom is -0.299 e. The largest absolute Gasteiger partial charge is 0.299 e. The molecule has 0 unspecified atom stereocenters. The molecule has 1 aliphatic carbocycles. The topological polar surface area (TPSA) is 49.4 Å². The van der Waals surface area contributed by atoms with Crippen LogP contribution in [0.25, 0.3) is 0 Å². The fraction of sp³-hybridized carbons (Fsp3) is 0.700. The fourth-order valence-electron chi connectivity index (χ4n) is 4.18. The van der Waals surface area contributed by atoms with Crippen LogP contribution >= 0.6 is 11.6 Å². The fourth-order valence-corrected chi connectivity index (χ4v) is 5.94. The maximum absolute atomic E-state index is 12.3. The highest BCUT2D eigenvalue weighted by molar-refractivity contribution is 7.89. The van der Waals surface area contributed by atoms with Gasteiger partial charge in [0.2, 0.25) is 10.0 Å². The van der Waals surface area contributed by atoms with Crippen molar-refractivity contribution in [3.05, 3.63) is 34.9 Å². The molecule has 1 heterocycles. The number of rotatable bonds is 7. The Balaban J connectivity index is 1.39. The Hall–Kier alpha value is -0.620. The van der Waals surface area contributed by atoms with E-state index >= 15 is 0 Å². The van der Waals surface area contributed by atoms with Gasteiger partial charge in [0.1, 0.15) is 0 Å². The zero-order chi connectivity index (χ0) is 18.4. The molecular formula is C20H31ClN2O2S. The molecule has 6 heteroatoms. The smallest absolute Gasteiger partial charge is 0.211 e. The normalized spacial score (nSPS) is 21.1. The second-order valence-corrected chi connectivity index (χ2v) is 10.2. The summed E-state index contributed by atoms with van der Waals surface area (Å²) in [5, 5.41) is 0.824. The summed E-state index contributed by atoms with van der Waals surface area (Å²) < 4.78 is 27.6. The molecule has 0 spiro atoms. The van der Waals surface area contributed by atoms with Crippen LogP contribution in [0.4, 0.5) is 0 Å². The van der Waals surface area contributed by atoms with Gasteiger partial charge in [-0.2, -0.15) is 0 Å². The number of benzene rings is 1. The average molecular weight is 399 g/mol. The summed E-state index contributed by atoms with van der Waals surface area (Å²) in [7, 11) is -3.13. The van der Waals surface area contributed by atoms with E-state index in [1.807, 2.05) is 18.2 Å². The number of hydrogen-bond donors (Lipinski definition) is 1. The second-order valence-electron chi connectivity index (χ2n) is 7.94.